The van der Waals surface area contributed by atoms with Gasteiger partial charge in [-0.3, -0.25) is 10.1 Å². The van der Waals surface area contributed by atoms with E-state index >= 15 is 0 Å². The molecule has 1 aromatic heterocycles. The van der Waals surface area contributed by atoms with Gasteiger partial charge < -0.3 is 10.2 Å². The smallest absolute Gasteiger partial charge is 0.272 e. The van der Waals surface area contributed by atoms with Crippen molar-refractivity contribution in [3.63, 3.8) is 0 Å². The molecule has 1 heterocycles. The molecule has 0 saturated carbocycles. The summed E-state index contributed by atoms with van der Waals surface area (Å²) in [5.74, 6) is -1.31. The molecule has 0 radical (unpaired) electrons. The van der Waals surface area contributed by atoms with Gasteiger partial charge in [0, 0.05) is 6.07 Å². The molecule has 1 aromatic carbocycles. The number of halogens is 1. The molecular formula is C10H5FN4O3. The van der Waals surface area contributed by atoms with E-state index in [1.165, 1.54) is 0 Å². The maximum atomic E-state index is 13.6. The molecule has 18 heavy (non-hydrogen) atoms. The third-order valence-corrected chi connectivity index (χ3v) is 2.15. The number of nitrogens with zero attached hydrogens (tertiary/aromatic N) is 3. The van der Waals surface area contributed by atoms with Crippen LogP contribution in [0.2, 0.25) is 0 Å². The highest BCUT2D eigenvalue weighted by molar-refractivity contribution is 5.60. The van der Waals surface area contributed by atoms with Crippen molar-refractivity contribution in [2.75, 3.05) is 5.73 Å². The predicted octanol–water partition coefficient (Wildman–Crippen LogP) is 1.84. The second-order valence-electron chi connectivity index (χ2n) is 3.26. The first-order valence-corrected chi connectivity index (χ1v) is 4.63. The molecule has 0 aliphatic rings. The summed E-state index contributed by atoms with van der Waals surface area (Å²) in [5, 5.41) is 19.1. The Kier molecular flexibility index (Phi) is 2.65. The van der Waals surface area contributed by atoms with Crippen molar-refractivity contribution in [1.29, 1.82) is 5.26 Å². The molecule has 0 aliphatic carbocycles. The topological polar surface area (TPSA) is 119 Å². The first-order valence-electron chi connectivity index (χ1n) is 4.63. The van der Waals surface area contributed by atoms with Crippen LogP contribution in [0.25, 0.3) is 11.5 Å². The van der Waals surface area contributed by atoms with Gasteiger partial charge in [-0.15, -0.1) is 0 Å². The largest absolute Gasteiger partial charge is 0.419 e. The first kappa shape index (κ1) is 11.5. The maximum Gasteiger partial charge on any atom is 0.272 e. The number of aromatic nitrogens is 1. The van der Waals surface area contributed by atoms with Crippen LogP contribution in [0.15, 0.2) is 22.6 Å². The Hall–Kier alpha value is -2.95. The molecule has 0 fully saturated rings. The summed E-state index contributed by atoms with van der Waals surface area (Å²) >= 11 is 0. The number of nitrogens with two attached hydrogens (primary N) is 1. The summed E-state index contributed by atoms with van der Waals surface area (Å²) in [7, 11) is 0. The van der Waals surface area contributed by atoms with Crippen LogP contribution in [0, 0.1) is 27.3 Å². The van der Waals surface area contributed by atoms with Crippen LogP contribution in [0.3, 0.4) is 0 Å². The van der Waals surface area contributed by atoms with Gasteiger partial charge in [0.15, 0.2) is 0 Å². The average molecular weight is 248 g/mol. The van der Waals surface area contributed by atoms with Gasteiger partial charge in [-0.2, -0.15) is 10.2 Å². The minimum absolute atomic E-state index is 0.103. The zero-order valence-corrected chi connectivity index (χ0v) is 8.75. The van der Waals surface area contributed by atoms with E-state index in [2.05, 4.69) is 4.98 Å². The molecule has 2 rings (SSSR count). The van der Waals surface area contributed by atoms with Gasteiger partial charge >= 0.3 is 0 Å². The van der Waals surface area contributed by atoms with Gasteiger partial charge in [0.1, 0.15) is 11.9 Å². The van der Waals surface area contributed by atoms with Gasteiger partial charge in [0.25, 0.3) is 5.69 Å². The minimum atomic E-state index is -0.880. The highest BCUT2D eigenvalue weighted by atomic mass is 19.1. The van der Waals surface area contributed by atoms with E-state index in [0.29, 0.717) is 0 Å². The number of anilines is 1. The number of nitriles is 1. The monoisotopic (exact) mass is 248 g/mol. The molecule has 0 bridgehead atoms. The van der Waals surface area contributed by atoms with Gasteiger partial charge in [-0.05, 0) is 6.07 Å². The fourth-order valence-corrected chi connectivity index (χ4v) is 1.32. The fraction of sp³-hybridized carbons (Fsp3) is 0. The summed E-state index contributed by atoms with van der Waals surface area (Å²) in [6.45, 7) is 0. The van der Waals surface area contributed by atoms with Gasteiger partial charge in [-0.1, -0.05) is 0 Å². The molecule has 0 atom stereocenters. The van der Waals surface area contributed by atoms with Crippen molar-refractivity contribution in [2.45, 2.75) is 0 Å². The quantitative estimate of drug-likeness (QED) is 0.639. The van der Waals surface area contributed by atoms with Crippen LogP contribution in [-0.2, 0) is 0 Å². The van der Waals surface area contributed by atoms with Crippen molar-refractivity contribution < 1.29 is 13.7 Å². The number of benzene rings is 1. The molecule has 0 spiro atoms. The number of nitro groups is 1. The summed E-state index contributed by atoms with van der Waals surface area (Å²) in [6.07, 6.45) is 0. The fourth-order valence-electron chi connectivity index (χ4n) is 1.32. The Bertz CT molecular complexity index is 674. The summed E-state index contributed by atoms with van der Waals surface area (Å²) < 4.78 is 18.5. The lowest BCUT2D eigenvalue weighted by atomic mass is 10.2. The van der Waals surface area contributed by atoms with E-state index in [4.69, 9.17) is 15.4 Å². The highest BCUT2D eigenvalue weighted by Crippen LogP contribution is 2.27. The zero-order valence-electron chi connectivity index (χ0n) is 8.75. The van der Waals surface area contributed by atoms with Crippen LogP contribution in [0.4, 0.5) is 16.0 Å². The average Bonchev–Trinajstić information content (AvgIpc) is 2.70. The van der Waals surface area contributed by atoms with Crippen molar-refractivity contribution in [1.82, 2.24) is 4.98 Å². The molecule has 90 valence electrons. The van der Waals surface area contributed by atoms with E-state index in [1.54, 1.807) is 6.07 Å². The number of nitrogen functional groups attached to an aromatic ring is 1. The second kappa shape index (κ2) is 4.14. The van der Waals surface area contributed by atoms with E-state index in [0.717, 1.165) is 18.2 Å². The Morgan fingerprint density at radius 1 is 1.56 bits per heavy atom. The van der Waals surface area contributed by atoms with E-state index in [1.807, 2.05) is 0 Å². The van der Waals surface area contributed by atoms with Gasteiger partial charge in [0.2, 0.25) is 17.5 Å². The van der Waals surface area contributed by atoms with Crippen LogP contribution < -0.4 is 5.73 Å². The number of nitro benzene ring substituents is 1. The number of oxazole rings is 1. The summed E-state index contributed by atoms with van der Waals surface area (Å²) in [5.41, 5.74) is 4.68. The first-order chi connectivity index (χ1) is 8.52. The van der Waals surface area contributed by atoms with E-state index < -0.39 is 16.4 Å². The molecule has 2 aromatic rings. The third kappa shape index (κ3) is 1.84. The van der Waals surface area contributed by atoms with Crippen LogP contribution in [-0.4, -0.2) is 9.91 Å². The Morgan fingerprint density at radius 2 is 2.28 bits per heavy atom. The lowest BCUT2D eigenvalue weighted by molar-refractivity contribution is -0.385. The molecule has 2 N–H and O–H groups in total. The standard InChI is InChI=1S/C10H5FN4O3/c11-7-3-5(15(16)17)1-2-6(7)10-14-8(4-12)9(13)18-10/h1-3H,13H2. The highest BCUT2D eigenvalue weighted by Gasteiger charge is 2.18. The normalized spacial score (nSPS) is 10.0. The lowest BCUT2D eigenvalue weighted by Crippen LogP contribution is -1.91. The minimum Gasteiger partial charge on any atom is -0.419 e. The predicted molar refractivity (Wildman–Crippen MR) is 57.7 cm³/mol. The van der Waals surface area contributed by atoms with Crippen molar-refractivity contribution >= 4 is 11.6 Å². The summed E-state index contributed by atoms with van der Waals surface area (Å²) in [6, 6.07) is 4.65. The van der Waals surface area contributed by atoms with E-state index in [-0.39, 0.29) is 23.0 Å². The van der Waals surface area contributed by atoms with E-state index in [9.17, 15) is 14.5 Å². The number of non-ortho nitro benzene ring substituents is 1. The molecule has 0 saturated heterocycles. The van der Waals surface area contributed by atoms with Crippen molar-refractivity contribution in [3.8, 4) is 17.5 Å². The third-order valence-electron chi connectivity index (χ3n) is 2.15. The maximum absolute atomic E-state index is 13.6. The Balaban J connectivity index is 2.51. The SMILES string of the molecule is N#Cc1nc(-c2ccc([N+](=O)[O-])cc2F)oc1N. The van der Waals surface area contributed by atoms with Gasteiger partial charge in [-0.25, -0.2) is 4.39 Å². The molecule has 0 amide bonds. The van der Waals surface area contributed by atoms with Crippen LogP contribution in [0.5, 0.6) is 0 Å². The van der Waals surface area contributed by atoms with Crippen LogP contribution in [0.1, 0.15) is 5.69 Å². The van der Waals surface area contributed by atoms with Crippen molar-refractivity contribution in [2.24, 2.45) is 0 Å². The number of hydrogen-bond donors (Lipinski definition) is 1. The van der Waals surface area contributed by atoms with Crippen molar-refractivity contribution in [3.05, 3.63) is 39.8 Å². The molecule has 7 nitrogen and oxygen atoms in total. The molecule has 8 heteroatoms. The second-order valence-corrected chi connectivity index (χ2v) is 3.26. The lowest BCUT2D eigenvalue weighted by Gasteiger charge is -1.97. The van der Waals surface area contributed by atoms with Gasteiger partial charge in [0.05, 0.1) is 16.6 Å². The molecular weight excluding hydrogens is 243 g/mol. The number of rotatable bonds is 2. The van der Waals surface area contributed by atoms with Crippen LogP contribution >= 0.6 is 0 Å². The Morgan fingerprint density at radius 3 is 2.78 bits per heavy atom. The summed E-state index contributed by atoms with van der Waals surface area (Å²) in [4.78, 5) is 13.4. The molecule has 0 aliphatic heterocycles. The zero-order chi connectivity index (χ0) is 13.3. The molecule has 0 unspecified atom stereocenters. The Labute approximate surface area is 99.4 Å². The number of hydrogen-bond acceptors (Lipinski definition) is 6.